The van der Waals surface area contributed by atoms with Crippen molar-refractivity contribution in [2.24, 2.45) is 0 Å². The fraction of sp³-hybridized carbons (Fsp3) is 0.533. The molecule has 0 radical (unpaired) electrons. The second-order valence-electron chi connectivity index (χ2n) is 5.26. The molecule has 1 heterocycles. The molecule has 116 valence electrons. The lowest BCUT2D eigenvalue weighted by atomic mass is 10.2. The first kappa shape index (κ1) is 16.0. The van der Waals surface area contributed by atoms with E-state index in [9.17, 15) is 9.00 Å². The fourth-order valence-electron chi connectivity index (χ4n) is 2.37. The monoisotopic (exact) mass is 310 g/mol. The molecule has 0 saturated carbocycles. The maximum atomic E-state index is 12.1. The number of benzene rings is 1. The minimum Gasteiger partial charge on any atom is -0.399 e. The highest BCUT2D eigenvalue weighted by Gasteiger charge is 2.29. The largest absolute Gasteiger partial charge is 0.399 e. The fourth-order valence-corrected chi connectivity index (χ4v) is 3.97. The number of amides is 1. The van der Waals surface area contributed by atoms with Crippen LogP contribution in [-0.2, 0) is 20.3 Å². The topological polar surface area (TPSA) is 81.4 Å². The van der Waals surface area contributed by atoms with Gasteiger partial charge in [0.25, 0.3) is 0 Å². The minimum atomic E-state index is -0.913. The van der Waals surface area contributed by atoms with Gasteiger partial charge in [-0.1, -0.05) is 0 Å². The van der Waals surface area contributed by atoms with Crippen LogP contribution in [0.25, 0.3) is 0 Å². The Hall–Kier alpha value is -1.40. The van der Waals surface area contributed by atoms with E-state index in [4.69, 9.17) is 10.5 Å². The van der Waals surface area contributed by atoms with Crippen LogP contribution in [0.1, 0.15) is 26.2 Å². The van der Waals surface area contributed by atoms with E-state index >= 15 is 0 Å². The van der Waals surface area contributed by atoms with E-state index in [1.54, 1.807) is 24.3 Å². The Kier molecular flexibility index (Phi) is 5.76. The summed E-state index contributed by atoms with van der Waals surface area (Å²) in [4.78, 5) is 11.8. The van der Waals surface area contributed by atoms with Gasteiger partial charge in [0.1, 0.15) is 0 Å². The summed E-state index contributed by atoms with van der Waals surface area (Å²) >= 11 is 0. The summed E-state index contributed by atoms with van der Waals surface area (Å²) in [6.07, 6.45) is 1.91. The van der Waals surface area contributed by atoms with Gasteiger partial charge in [-0.3, -0.25) is 9.00 Å². The van der Waals surface area contributed by atoms with Crippen molar-refractivity contribution < 1.29 is 13.7 Å². The number of carbonyl (C=O) groups is 1. The quantitative estimate of drug-likeness (QED) is 0.787. The molecule has 1 fully saturated rings. The number of carbonyl (C=O) groups excluding carboxylic acids is 1. The van der Waals surface area contributed by atoms with E-state index in [0.29, 0.717) is 30.9 Å². The Morgan fingerprint density at radius 2 is 2.14 bits per heavy atom. The number of nitrogens with one attached hydrogen (secondary N) is 1. The molecule has 3 N–H and O–H groups in total. The predicted octanol–water partition coefficient (Wildman–Crippen LogP) is 1.91. The zero-order valence-electron chi connectivity index (χ0n) is 12.2. The van der Waals surface area contributed by atoms with Gasteiger partial charge in [0, 0.05) is 41.0 Å². The molecule has 3 unspecified atom stereocenters. The van der Waals surface area contributed by atoms with Crippen molar-refractivity contribution in [2.45, 2.75) is 37.5 Å². The average molecular weight is 310 g/mol. The molecule has 21 heavy (non-hydrogen) atoms. The van der Waals surface area contributed by atoms with Crippen LogP contribution in [0.15, 0.2) is 24.3 Å². The molecule has 1 aromatic carbocycles. The van der Waals surface area contributed by atoms with Crippen molar-refractivity contribution in [3.63, 3.8) is 0 Å². The van der Waals surface area contributed by atoms with Crippen LogP contribution in [0.2, 0.25) is 0 Å². The van der Waals surface area contributed by atoms with Crippen LogP contribution >= 0.6 is 0 Å². The number of rotatable bonds is 6. The standard InChI is InChI=1S/C15H22N2O3S/c1-11-14(8-9-20-11)21(19)10-2-3-15(18)17-13-6-4-12(16)5-7-13/h4-7,11,14H,2-3,8-10,16H2,1H3,(H,17,18). The van der Waals surface area contributed by atoms with Crippen LogP contribution in [0, 0.1) is 0 Å². The Bertz CT molecular complexity index is 504. The summed E-state index contributed by atoms with van der Waals surface area (Å²) in [5.41, 5.74) is 6.98. The highest BCUT2D eigenvalue weighted by atomic mass is 32.2. The lowest BCUT2D eigenvalue weighted by molar-refractivity contribution is -0.116. The number of hydrogen-bond donors (Lipinski definition) is 2. The third-order valence-corrected chi connectivity index (χ3v) is 5.57. The second kappa shape index (κ2) is 7.56. The van der Waals surface area contributed by atoms with Crippen LogP contribution in [0.4, 0.5) is 11.4 Å². The normalized spacial score (nSPS) is 22.9. The highest BCUT2D eigenvalue weighted by Crippen LogP contribution is 2.19. The summed E-state index contributed by atoms with van der Waals surface area (Å²) in [7, 11) is -0.913. The average Bonchev–Trinajstić information content (AvgIpc) is 2.87. The van der Waals surface area contributed by atoms with Crippen molar-refractivity contribution in [2.75, 3.05) is 23.4 Å². The Labute approximate surface area is 127 Å². The highest BCUT2D eigenvalue weighted by molar-refractivity contribution is 7.85. The number of nitrogens with two attached hydrogens (primary N) is 1. The lowest BCUT2D eigenvalue weighted by Crippen LogP contribution is -2.25. The van der Waals surface area contributed by atoms with E-state index in [1.807, 2.05) is 6.92 Å². The van der Waals surface area contributed by atoms with Gasteiger partial charge in [0.05, 0.1) is 11.4 Å². The molecule has 5 nitrogen and oxygen atoms in total. The van der Waals surface area contributed by atoms with Gasteiger partial charge in [-0.25, -0.2) is 0 Å². The van der Waals surface area contributed by atoms with Crippen molar-refractivity contribution in [3.8, 4) is 0 Å². The third-order valence-electron chi connectivity index (χ3n) is 3.59. The molecule has 0 spiro atoms. The van der Waals surface area contributed by atoms with Gasteiger partial charge in [0.2, 0.25) is 5.91 Å². The molecule has 0 aromatic heterocycles. The van der Waals surface area contributed by atoms with Crippen LogP contribution in [0.3, 0.4) is 0 Å². The van der Waals surface area contributed by atoms with Crippen LogP contribution < -0.4 is 11.1 Å². The van der Waals surface area contributed by atoms with E-state index < -0.39 is 10.8 Å². The summed E-state index contributed by atoms with van der Waals surface area (Å²) in [5, 5.41) is 2.92. The first-order valence-electron chi connectivity index (χ1n) is 7.20. The lowest BCUT2D eigenvalue weighted by Gasteiger charge is -2.13. The molecule has 1 aromatic rings. The van der Waals surface area contributed by atoms with Crippen LogP contribution in [0.5, 0.6) is 0 Å². The van der Waals surface area contributed by atoms with E-state index in [1.165, 1.54) is 0 Å². The van der Waals surface area contributed by atoms with Crippen molar-refractivity contribution in [1.29, 1.82) is 0 Å². The smallest absolute Gasteiger partial charge is 0.224 e. The molecule has 1 amide bonds. The summed E-state index contributed by atoms with van der Waals surface area (Å²) in [6.45, 7) is 2.65. The number of nitrogen functional groups attached to an aromatic ring is 1. The first-order chi connectivity index (χ1) is 10.1. The van der Waals surface area contributed by atoms with Crippen molar-refractivity contribution in [1.82, 2.24) is 0 Å². The van der Waals surface area contributed by atoms with E-state index in [2.05, 4.69) is 5.32 Å². The molecule has 3 atom stereocenters. The van der Waals surface area contributed by atoms with Crippen LogP contribution in [-0.4, -0.2) is 33.8 Å². The summed E-state index contributed by atoms with van der Waals surface area (Å²) in [6, 6.07) is 7.02. The zero-order chi connectivity index (χ0) is 15.2. The molecule has 0 aliphatic carbocycles. The van der Waals surface area contributed by atoms with Gasteiger partial charge in [-0.05, 0) is 44.0 Å². The Balaban J connectivity index is 1.69. The first-order valence-corrected chi connectivity index (χ1v) is 8.58. The molecule has 1 saturated heterocycles. The maximum absolute atomic E-state index is 12.1. The van der Waals surface area contributed by atoms with Gasteiger partial charge >= 0.3 is 0 Å². The molecular formula is C15H22N2O3S. The molecule has 6 heteroatoms. The summed E-state index contributed by atoms with van der Waals surface area (Å²) in [5.74, 6) is 0.487. The van der Waals surface area contributed by atoms with Gasteiger partial charge in [0.15, 0.2) is 0 Å². The predicted molar refractivity (Wildman–Crippen MR) is 85.5 cm³/mol. The molecule has 1 aliphatic heterocycles. The third kappa shape index (κ3) is 4.82. The van der Waals surface area contributed by atoms with E-state index in [0.717, 1.165) is 12.1 Å². The Morgan fingerprint density at radius 3 is 2.76 bits per heavy atom. The molecule has 0 bridgehead atoms. The van der Waals surface area contributed by atoms with E-state index in [-0.39, 0.29) is 17.3 Å². The van der Waals surface area contributed by atoms with Gasteiger partial charge < -0.3 is 15.8 Å². The molecule has 2 rings (SSSR count). The van der Waals surface area contributed by atoms with Crippen molar-refractivity contribution in [3.05, 3.63) is 24.3 Å². The van der Waals surface area contributed by atoms with Gasteiger partial charge in [-0.2, -0.15) is 0 Å². The maximum Gasteiger partial charge on any atom is 0.224 e. The van der Waals surface area contributed by atoms with Crippen molar-refractivity contribution >= 4 is 28.1 Å². The van der Waals surface area contributed by atoms with Gasteiger partial charge in [-0.15, -0.1) is 0 Å². The molecular weight excluding hydrogens is 288 g/mol. The SMILES string of the molecule is CC1OCCC1S(=O)CCCC(=O)Nc1ccc(N)cc1. The number of hydrogen-bond acceptors (Lipinski definition) is 4. The number of anilines is 2. The number of ether oxygens (including phenoxy) is 1. The minimum absolute atomic E-state index is 0.0625. The summed E-state index contributed by atoms with van der Waals surface area (Å²) < 4.78 is 17.5. The Morgan fingerprint density at radius 1 is 1.43 bits per heavy atom. The second-order valence-corrected chi connectivity index (χ2v) is 7.04. The zero-order valence-corrected chi connectivity index (χ0v) is 13.0. The molecule has 1 aliphatic rings.